The Morgan fingerprint density at radius 2 is 2.18 bits per heavy atom. The summed E-state index contributed by atoms with van der Waals surface area (Å²) in [4.78, 5) is 12.5. The average Bonchev–Trinajstić information content (AvgIpc) is 3.15. The van der Waals surface area contributed by atoms with Gasteiger partial charge in [-0.1, -0.05) is 16.8 Å². The smallest absolute Gasteiger partial charge is 0.257 e. The Balaban J connectivity index is 1.79. The fourth-order valence-electron chi connectivity index (χ4n) is 2.54. The SMILES string of the molecule is Cc1noc(-c2ccc(Cl)cc2)c1C(=O)NCC1CCCO1. The van der Waals surface area contributed by atoms with Gasteiger partial charge >= 0.3 is 0 Å². The van der Waals surface area contributed by atoms with Crippen LogP contribution in [0.25, 0.3) is 11.3 Å². The van der Waals surface area contributed by atoms with Crippen molar-refractivity contribution in [2.24, 2.45) is 0 Å². The van der Waals surface area contributed by atoms with E-state index in [2.05, 4.69) is 10.5 Å². The van der Waals surface area contributed by atoms with E-state index in [9.17, 15) is 4.79 Å². The Labute approximate surface area is 133 Å². The van der Waals surface area contributed by atoms with Crippen molar-refractivity contribution in [1.82, 2.24) is 10.5 Å². The summed E-state index contributed by atoms with van der Waals surface area (Å²) in [6.07, 6.45) is 2.12. The quantitative estimate of drug-likeness (QED) is 0.939. The Kier molecular flexibility index (Phi) is 4.45. The van der Waals surface area contributed by atoms with Crippen LogP contribution >= 0.6 is 11.6 Å². The number of ether oxygens (including phenoxy) is 1. The van der Waals surface area contributed by atoms with E-state index in [1.807, 2.05) is 0 Å². The van der Waals surface area contributed by atoms with Crippen molar-refractivity contribution < 1.29 is 14.1 Å². The second-order valence-electron chi connectivity index (χ2n) is 5.32. The topological polar surface area (TPSA) is 64.4 Å². The minimum atomic E-state index is -0.195. The van der Waals surface area contributed by atoms with Gasteiger partial charge < -0.3 is 14.6 Å². The van der Waals surface area contributed by atoms with Gasteiger partial charge in [-0.25, -0.2) is 0 Å². The summed E-state index contributed by atoms with van der Waals surface area (Å²) in [5, 5.41) is 7.44. The highest BCUT2D eigenvalue weighted by molar-refractivity contribution is 6.30. The van der Waals surface area contributed by atoms with Crippen molar-refractivity contribution in [1.29, 1.82) is 0 Å². The van der Waals surface area contributed by atoms with E-state index in [1.54, 1.807) is 31.2 Å². The van der Waals surface area contributed by atoms with Crippen molar-refractivity contribution in [2.75, 3.05) is 13.2 Å². The molecule has 1 saturated heterocycles. The number of amides is 1. The number of carbonyl (C=O) groups is 1. The first kappa shape index (κ1) is 15.1. The second kappa shape index (κ2) is 6.50. The van der Waals surface area contributed by atoms with Gasteiger partial charge in [-0.3, -0.25) is 4.79 Å². The molecule has 0 spiro atoms. The maximum absolute atomic E-state index is 12.5. The molecule has 0 radical (unpaired) electrons. The van der Waals surface area contributed by atoms with Crippen LogP contribution < -0.4 is 5.32 Å². The van der Waals surface area contributed by atoms with Crippen LogP contribution in [0.1, 0.15) is 28.9 Å². The molecule has 0 saturated carbocycles. The van der Waals surface area contributed by atoms with Gasteiger partial charge in [0.2, 0.25) is 0 Å². The molecule has 1 N–H and O–H groups in total. The minimum Gasteiger partial charge on any atom is -0.376 e. The molecule has 3 rings (SSSR count). The lowest BCUT2D eigenvalue weighted by molar-refractivity contribution is 0.0857. The molecule has 1 aromatic heterocycles. The Hall–Kier alpha value is -1.85. The van der Waals surface area contributed by atoms with Crippen molar-refractivity contribution in [3.8, 4) is 11.3 Å². The largest absolute Gasteiger partial charge is 0.376 e. The third kappa shape index (κ3) is 3.15. The lowest BCUT2D eigenvalue weighted by Crippen LogP contribution is -2.32. The summed E-state index contributed by atoms with van der Waals surface area (Å²) in [6.45, 7) is 3.02. The normalized spacial score (nSPS) is 17.6. The molecular formula is C16H17ClN2O3. The van der Waals surface area contributed by atoms with Gasteiger partial charge in [-0.15, -0.1) is 0 Å². The van der Waals surface area contributed by atoms with Crippen molar-refractivity contribution in [3.05, 3.63) is 40.5 Å². The number of benzene rings is 1. The molecule has 0 bridgehead atoms. The van der Waals surface area contributed by atoms with Crippen LogP contribution in [0.15, 0.2) is 28.8 Å². The first-order valence-corrected chi connectivity index (χ1v) is 7.65. The minimum absolute atomic E-state index is 0.100. The molecule has 2 aromatic rings. The van der Waals surface area contributed by atoms with Crippen LogP contribution in [0.2, 0.25) is 5.02 Å². The molecule has 22 heavy (non-hydrogen) atoms. The zero-order valence-corrected chi connectivity index (χ0v) is 13.0. The standard InChI is InChI=1S/C16H17ClN2O3/c1-10-14(16(20)18-9-13-3-2-8-21-13)15(22-19-10)11-4-6-12(17)7-5-11/h4-7,13H,2-3,8-9H2,1H3,(H,18,20). The van der Waals surface area contributed by atoms with Crippen molar-refractivity contribution in [2.45, 2.75) is 25.9 Å². The summed E-state index contributed by atoms with van der Waals surface area (Å²) in [6, 6.07) is 7.11. The lowest BCUT2D eigenvalue weighted by atomic mass is 10.1. The van der Waals surface area contributed by atoms with Gasteiger partial charge in [0.1, 0.15) is 5.56 Å². The fourth-order valence-corrected chi connectivity index (χ4v) is 2.66. The van der Waals surface area contributed by atoms with Gasteiger partial charge in [0.05, 0.1) is 11.8 Å². The Morgan fingerprint density at radius 3 is 2.86 bits per heavy atom. The first-order chi connectivity index (χ1) is 10.6. The third-order valence-electron chi connectivity index (χ3n) is 3.71. The molecule has 1 amide bonds. The third-order valence-corrected chi connectivity index (χ3v) is 3.96. The monoisotopic (exact) mass is 320 g/mol. The number of aryl methyl sites for hydroxylation is 1. The summed E-state index contributed by atoms with van der Waals surface area (Å²) < 4.78 is 10.8. The van der Waals surface area contributed by atoms with Crippen molar-refractivity contribution in [3.63, 3.8) is 0 Å². The Morgan fingerprint density at radius 1 is 1.41 bits per heavy atom. The van der Waals surface area contributed by atoms with Crippen LogP contribution in [0.4, 0.5) is 0 Å². The van der Waals surface area contributed by atoms with E-state index in [1.165, 1.54) is 0 Å². The molecule has 1 aliphatic heterocycles. The number of hydrogen-bond acceptors (Lipinski definition) is 4. The summed E-state index contributed by atoms with van der Waals surface area (Å²) in [7, 11) is 0. The Bertz CT molecular complexity index is 661. The van der Waals surface area contributed by atoms with E-state index >= 15 is 0 Å². The number of carbonyl (C=O) groups excluding carboxylic acids is 1. The number of nitrogens with zero attached hydrogens (tertiary/aromatic N) is 1. The number of nitrogens with one attached hydrogen (secondary N) is 1. The summed E-state index contributed by atoms with van der Waals surface area (Å²) in [5.74, 6) is 0.262. The highest BCUT2D eigenvalue weighted by atomic mass is 35.5. The molecule has 1 unspecified atom stereocenters. The van der Waals surface area contributed by atoms with Crippen LogP contribution in [-0.4, -0.2) is 30.3 Å². The average molecular weight is 321 g/mol. The number of aromatic nitrogens is 1. The number of halogens is 1. The van der Waals surface area contributed by atoms with E-state index in [0.717, 1.165) is 25.0 Å². The fraction of sp³-hybridized carbons (Fsp3) is 0.375. The number of hydrogen-bond donors (Lipinski definition) is 1. The van der Waals surface area contributed by atoms with Gasteiger partial charge in [-0.05, 0) is 44.0 Å². The predicted octanol–water partition coefficient (Wildman–Crippen LogP) is 3.21. The maximum atomic E-state index is 12.5. The van der Waals surface area contributed by atoms with Gasteiger partial charge in [0.25, 0.3) is 5.91 Å². The molecule has 116 valence electrons. The molecule has 0 aliphatic carbocycles. The predicted molar refractivity (Wildman–Crippen MR) is 83.0 cm³/mol. The van der Waals surface area contributed by atoms with Crippen LogP contribution in [-0.2, 0) is 4.74 Å². The molecule has 5 nitrogen and oxygen atoms in total. The maximum Gasteiger partial charge on any atom is 0.257 e. The van der Waals surface area contributed by atoms with E-state index in [0.29, 0.717) is 28.6 Å². The summed E-state index contributed by atoms with van der Waals surface area (Å²) in [5.41, 5.74) is 1.79. The molecule has 1 fully saturated rings. The summed E-state index contributed by atoms with van der Waals surface area (Å²) >= 11 is 5.89. The highest BCUT2D eigenvalue weighted by Gasteiger charge is 2.23. The number of rotatable bonds is 4. The van der Waals surface area contributed by atoms with Gasteiger partial charge in [0.15, 0.2) is 5.76 Å². The molecule has 1 aliphatic rings. The van der Waals surface area contributed by atoms with Gasteiger partial charge in [-0.2, -0.15) is 0 Å². The van der Waals surface area contributed by atoms with E-state index in [4.69, 9.17) is 20.9 Å². The zero-order valence-electron chi connectivity index (χ0n) is 12.3. The van der Waals surface area contributed by atoms with Crippen molar-refractivity contribution >= 4 is 17.5 Å². The van der Waals surface area contributed by atoms with Crippen LogP contribution in [0.3, 0.4) is 0 Å². The lowest BCUT2D eigenvalue weighted by Gasteiger charge is -2.10. The molecule has 1 atom stereocenters. The molecule has 1 aromatic carbocycles. The van der Waals surface area contributed by atoms with Gasteiger partial charge in [0, 0.05) is 23.7 Å². The second-order valence-corrected chi connectivity index (χ2v) is 5.76. The molecule has 2 heterocycles. The van der Waals surface area contributed by atoms with E-state index in [-0.39, 0.29) is 12.0 Å². The zero-order chi connectivity index (χ0) is 15.5. The highest BCUT2D eigenvalue weighted by Crippen LogP contribution is 2.27. The molecular weight excluding hydrogens is 304 g/mol. The van der Waals surface area contributed by atoms with Crippen LogP contribution in [0, 0.1) is 6.92 Å². The van der Waals surface area contributed by atoms with E-state index < -0.39 is 0 Å². The molecule has 6 heteroatoms. The first-order valence-electron chi connectivity index (χ1n) is 7.27. The van der Waals surface area contributed by atoms with Crippen LogP contribution in [0.5, 0.6) is 0 Å².